The van der Waals surface area contributed by atoms with E-state index in [2.05, 4.69) is 22.5 Å². The van der Waals surface area contributed by atoms with E-state index < -0.39 is 0 Å². The van der Waals surface area contributed by atoms with Crippen LogP contribution in [0.1, 0.15) is 27.3 Å². The number of para-hydroxylation sites is 1. The molecule has 0 saturated carbocycles. The molecule has 0 spiro atoms. The monoisotopic (exact) mass is 381 g/mol. The van der Waals surface area contributed by atoms with Crippen molar-refractivity contribution in [1.29, 1.82) is 0 Å². The third kappa shape index (κ3) is 3.97. The fourth-order valence-corrected chi connectivity index (χ4v) is 3.47. The second-order valence-corrected chi connectivity index (χ2v) is 7.02. The predicted octanol–water partition coefficient (Wildman–Crippen LogP) is 5.09. The number of aryl methyl sites for hydroxylation is 1. The van der Waals surface area contributed by atoms with Crippen LogP contribution < -0.4 is 5.32 Å². The molecular weight excluding hydrogens is 358 g/mol. The third-order valence-electron chi connectivity index (χ3n) is 5.12. The van der Waals surface area contributed by atoms with Crippen LogP contribution in [0.4, 0.5) is 0 Å². The molecule has 3 aromatic carbocycles. The van der Waals surface area contributed by atoms with Crippen molar-refractivity contribution in [2.75, 3.05) is 0 Å². The van der Waals surface area contributed by atoms with Crippen LogP contribution in [-0.2, 0) is 6.54 Å². The Bertz CT molecular complexity index is 1110. The van der Waals surface area contributed by atoms with Crippen LogP contribution in [0.3, 0.4) is 0 Å². The Morgan fingerprint density at radius 1 is 0.828 bits per heavy atom. The Hall–Kier alpha value is -3.66. The summed E-state index contributed by atoms with van der Waals surface area (Å²) in [6.45, 7) is 4.45. The van der Waals surface area contributed by atoms with Gasteiger partial charge >= 0.3 is 0 Å². The van der Waals surface area contributed by atoms with Crippen molar-refractivity contribution in [3.8, 4) is 16.8 Å². The van der Waals surface area contributed by atoms with Crippen LogP contribution in [0, 0.1) is 13.8 Å². The van der Waals surface area contributed by atoms with Gasteiger partial charge in [-0.15, -0.1) is 0 Å². The van der Waals surface area contributed by atoms with Crippen molar-refractivity contribution >= 4 is 5.91 Å². The number of aromatic nitrogens is 2. The molecule has 1 N–H and O–H groups in total. The number of amides is 1. The summed E-state index contributed by atoms with van der Waals surface area (Å²) in [5.41, 5.74) is 6.90. The van der Waals surface area contributed by atoms with E-state index in [0.717, 1.165) is 33.8 Å². The van der Waals surface area contributed by atoms with Gasteiger partial charge in [0.05, 0.1) is 11.4 Å². The molecule has 144 valence electrons. The Kier molecular flexibility index (Phi) is 5.25. The molecule has 4 rings (SSSR count). The second kappa shape index (κ2) is 8.15. The molecular formula is C25H23N3O. The molecule has 0 fully saturated rings. The van der Waals surface area contributed by atoms with E-state index in [0.29, 0.717) is 12.1 Å². The molecule has 0 unspecified atom stereocenters. The van der Waals surface area contributed by atoms with Gasteiger partial charge in [-0.2, -0.15) is 5.10 Å². The number of hydrogen-bond donors (Lipinski definition) is 1. The van der Waals surface area contributed by atoms with Gasteiger partial charge in [0, 0.05) is 23.4 Å². The lowest BCUT2D eigenvalue weighted by Crippen LogP contribution is -2.23. The minimum absolute atomic E-state index is 0.0872. The maximum absolute atomic E-state index is 12.6. The first kappa shape index (κ1) is 18.7. The van der Waals surface area contributed by atoms with Gasteiger partial charge in [-0.05, 0) is 49.2 Å². The predicted molar refractivity (Wildman–Crippen MR) is 116 cm³/mol. The van der Waals surface area contributed by atoms with Crippen molar-refractivity contribution in [3.05, 3.63) is 107 Å². The maximum atomic E-state index is 12.6. The van der Waals surface area contributed by atoms with Crippen molar-refractivity contribution in [2.24, 2.45) is 0 Å². The van der Waals surface area contributed by atoms with E-state index in [-0.39, 0.29) is 5.91 Å². The first-order valence-electron chi connectivity index (χ1n) is 9.67. The summed E-state index contributed by atoms with van der Waals surface area (Å²) in [5, 5.41) is 7.67. The van der Waals surface area contributed by atoms with E-state index in [4.69, 9.17) is 0 Å². The number of nitrogens with zero attached hydrogens (tertiary/aromatic N) is 2. The number of carbonyl (C=O) groups is 1. The van der Waals surface area contributed by atoms with Gasteiger partial charge in [-0.25, -0.2) is 4.68 Å². The highest BCUT2D eigenvalue weighted by molar-refractivity contribution is 5.94. The third-order valence-corrected chi connectivity index (χ3v) is 5.12. The molecule has 0 aliphatic heterocycles. The van der Waals surface area contributed by atoms with Gasteiger partial charge in [-0.3, -0.25) is 4.79 Å². The van der Waals surface area contributed by atoms with E-state index in [1.807, 2.05) is 91.3 Å². The average molecular weight is 381 g/mol. The maximum Gasteiger partial charge on any atom is 0.251 e. The normalized spacial score (nSPS) is 10.7. The van der Waals surface area contributed by atoms with Crippen molar-refractivity contribution < 1.29 is 4.79 Å². The zero-order chi connectivity index (χ0) is 20.2. The summed E-state index contributed by atoms with van der Waals surface area (Å²) < 4.78 is 1.92. The van der Waals surface area contributed by atoms with Gasteiger partial charge in [0.25, 0.3) is 5.91 Å². The smallest absolute Gasteiger partial charge is 0.251 e. The number of benzene rings is 3. The molecule has 0 bridgehead atoms. The molecule has 0 aliphatic rings. The zero-order valence-corrected chi connectivity index (χ0v) is 16.6. The van der Waals surface area contributed by atoms with E-state index in [9.17, 15) is 4.79 Å². The molecule has 0 aliphatic carbocycles. The van der Waals surface area contributed by atoms with Crippen LogP contribution >= 0.6 is 0 Å². The van der Waals surface area contributed by atoms with Crippen LogP contribution in [0.25, 0.3) is 16.8 Å². The van der Waals surface area contributed by atoms with Crippen molar-refractivity contribution in [2.45, 2.75) is 20.4 Å². The summed E-state index contributed by atoms with van der Waals surface area (Å²) in [4.78, 5) is 12.6. The first-order valence-corrected chi connectivity index (χ1v) is 9.67. The largest absolute Gasteiger partial charge is 0.348 e. The second-order valence-electron chi connectivity index (χ2n) is 7.02. The highest BCUT2D eigenvalue weighted by atomic mass is 16.1. The van der Waals surface area contributed by atoms with Gasteiger partial charge in [0.15, 0.2) is 0 Å². The summed E-state index contributed by atoms with van der Waals surface area (Å²) in [7, 11) is 0. The summed E-state index contributed by atoms with van der Waals surface area (Å²) in [6, 6.07) is 27.8. The molecule has 1 aromatic heterocycles. The lowest BCUT2D eigenvalue weighted by atomic mass is 10.0. The van der Waals surface area contributed by atoms with Gasteiger partial charge in [0.1, 0.15) is 0 Å². The SMILES string of the molecule is Cc1nn(-c2ccccc2)c(C)c1CNC(=O)c1ccc(-c2ccccc2)cc1. The van der Waals surface area contributed by atoms with Crippen LogP contribution in [-0.4, -0.2) is 15.7 Å². The van der Waals surface area contributed by atoms with Gasteiger partial charge in [-0.1, -0.05) is 60.7 Å². The minimum Gasteiger partial charge on any atom is -0.348 e. The Morgan fingerprint density at radius 2 is 1.41 bits per heavy atom. The highest BCUT2D eigenvalue weighted by Crippen LogP contribution is 2.20. The minimum atomic E-state index is -0.0872. The molecule has 4 aromatic rings. The molecule has 1 heterocycles. The fraction of sp³-hybridized carbons (Fsp3) is 0.120. The van der Waals surface area contributed by atoms with Crippen LogP contribution in [0.5, 0.6) is 0 Å². The Balaban J connectivity index is 1.47. The summed E-state index contributed by atoms with van der Waals surface area (Å²) in [5.74, 6) is -0.0872. The lowest BCUT2D eigenvalue weighted by molar-refractivity contribution is 0.0951. The van der Waals surface area contributed by atoms with Crippen molar-refractivity contribution in [1.82, 2.24) is 15.1 Å². The Labute approximate surface area is 170 Å². The van der Waals surface area contributed by atoms with Crippen molar-refractivity contribution in [3.63, 3.8) is 0 Å². The molecule has 4 nitrogen and oxygen atoms in total. The number of rotatable bonds is 5. The van der Waals surface area contributed by atoms with E-state index in [1.54, 1.807) is 0 Å². The van der Waals surface area contributed by atoms with E-state index in [1.165, 1.54) is 0 Å². The first-order chi connectivity index (χ1) is 14.1. The zero-order valence-electron chi connectivity index (χ0n) is 16.6. The van der Waals surface area contributed by atoms with Crippen LogP contribution in [0.2, 0.25) is 0 Å². The lowest BCUT2D eigenvalue weighted by Gasteiger charge is -2.08. The van der Waals surface area contributed by atoms with Gasteiger partial charge < -0.3 is 5.32 Å². The molecule has 0 saturated heterocycles. The molecule has 29 heavy (non-hydrogen) atoms. The van der Waals surface area contributed by atoms with Gasteiger partial charge in [0.2, 0.25) is 0 Å². The number of nitrogens with one attached hydrogen (secondary N) is 1. The molecule has 0 radical (unpaired) electrons. The molecule has 0 atom stereocenters. The van der Waals surface area contributed by atoms with Crippen LogP contribution in [0.15, 0.2) is 84.9 Å². The average Bonchev–Trinajstić information content (AvgIpc) is 3.07. The Morgan fingerprint density at radius 3 is 2.07 bits per heavy atom. The number of carbonyl (C=O) groups excluding carboxylic acids is 1. The standard InChI is InChI=1S/C25H23N3O/c1-18-24(19(2)28(27-18)23-11-7-4-8-12-23)17-26-25(29)22-15-13-21(14-16-22)20-9-5-3-6-10-20/h3-16H,17H2,1-2H3,(H,26,29). The highest BCUT2D eigenvalue weighted by Gasteiger charge is 2.14. The quantitative estimate of drug-likeness (QED) is 0.524. The summed E-state index contributed by atoms with van der Waals surface area (Å²) >= 11 is 0. The number of hydrogen-bond acceptors (Lipinski definition) is 2. The topological polar surface area (TPSA) is 46.9 Å². The summed E-state index contributed by atoms with van der Waals surface area (Å²) in [6.07, 6.45) is 0. The van der Waals surface area contributed by atoms with E-state index >= 15 is 0 Å². The molecule has 1 amide bonds. The molecule has 4 heteroatoms. The fourth-order valence-electron chi connectivity index (χ4n) is 3.47.